The van der Waals surface area contributed by atoms with Gasteiger partial charge in [0, 0.05) is 40.3 Å². The topological polar surface area (TPSA) is 103 Å². The fourth-order valence-corrected chi connectivity index (χ4v) is 6.58. The second-order valence-electron chi connectivity index (χ2n) is 11.5. The quantitative estimate of drug-likeness (QED) is 0.202. The van der Waals surface area contributed by atoms with E-state index in [1.54, 1.807) is 18.3 Å². The Kier molecular flexibility index (Phi) is 7.28. The summed E-state index contributed by atoms with van der Waals surface area (Å²) in [5.41, 5.74) is 7.34. The van der Waals surface area contributed by atoms with Crippen molar-refractivity contribution in [2.75, 3.05) is 0 Å². The van der Waals surface area contributed by atoms with E-state index in [-0.39, 0.29) is 0 Å². The second kappa shape index (κ2) is 10.8. The van der Waals surface area contributed by atoms with Crippen molar-refractivity contribution in [2.45, 2.75) is 46.3 Å². The minimum Gasteiger partial charge on any atom is -0.479 e. The average Bonchev–Trinajstić information content (AvgIpc) is 3.51. The summed E-state index contributed by atoms with van der Waals surface area (Å²) >= 11 is 7.74. The Morgan fingerprint density at radius 3 is 2.44 bits per heavy atom. The van der Waals surface area contributed by atoms with E-state index in [0.29, 0.717) is 10.6 Å². The highest BCUT2D eigenvalue weighted by atomic mass is 35.5. The normalized spacial score (nSPS) is 12.7. The Hall–Kier alpha value is -4.18. The summed E-state index contributed by atoms with van der Waals surface area (Å²) in [5, 5.41) is 17.2. The molecule has 0 aliphatic heterocycles. The van der Waals surface area contributed by atoms with Gasteiger partial charge in [0.1, 0.15) is 5.01 Å². The molecule has 0 bridgehead atoms. The number of aromatic nitrogens is 5. The van der Waals surface area contributed by atoms with Crippen LogP contribution in [0.5, 0.6) is 0 Å². The molecular weight excluding hydrogens is 582 g/mol. The van der Waals surface area contributed by atoms with Crippen LogP contribution in [-0.2, 0) is 16.6 Å². The van der Waals surface area contributed by atoms with Crippen molar-refractivity contribution in [3.63, 3.8) is 0 Å². The fourth-order valence-electron chi connectivity index (χ4n) is 5.33. The number of halogens is 1. The van der Waals surface area contributed by atoms with Crippen molar-refractivity contribution < 1.29 is 14.6 Å². The first-order chi connectivity index (χ1) is 20.4. The van der Waals surface area contributed by atoms with E-state index in [4.69, 9.17) is 21.3 Å². The van der Waals surface area contributed by atoms with Crippen LogP contribution in [0.1, 0.15) is 43.7 Å². The van der Waals surface area contributed by atoms with E-state index in [1.165, 1.54) is 11.3 Å². The zero-order valence-corrected chi connectivity index (χ0v) is 26.2. The van der Waals surface area contributed by atoms with Gasteiger partial charge in [-0.15, -0.1) is 11.3 Å². The molecule has 0 saturated carbocycles. The van der Waals surface area contributed by atoms with Crippen LogP contribution in [0.15, 0.2) is 60.9 Å². The smallest absolute Gasteiger partial charge is 0.337 e. The first kappa shape index (κ1) is 28.9. The lowest BCUT2D eigenvalue weighted by Crippen LogP contribution is -2.28. The number of nitrogens with zero attached hydrogens (tertiary/aromatic N) is 5. The van der Waals surface area contributed by atoms with Gasteiger partial charge >= 0.3 is 5.97 Å². The number of aryl methyl sites for hydroxylation is 3. The first-order valence-electron chi connectivity index (χ1n) is 13.8. The van der Waals surface area contributed by atoms with Gasteiger partial charge in [-0.2, -0.15) is 5.10 Å². The van der Waals surface area contributed by atoms with E-state index in [1.807, 2.05) is 88.9 Å². The highest BCUT2D eigenvalue weighted by Crippen LogP contribution is 2.44. The molecule has 2 aromatic carbocycles. The van der Waals surface area contributed by atoms with Crippen LogP contribution >= 0.6 is 22.9 Å². The van der Waals surface area contributed by atoms with Crippen molar-refractivity contribution in [3.8, 4) is 33.1 Å². The molecule has 1 N–H and O–H groups in total. The SMILES string of the molecule is Cc1cc2nc(-c3ccnc(-c4cc5c(C)nn(C)c5cn4)c3)sc2c(-c2ccc(Cl)cc2)c1[C@H](OC(C)(C)C)C(=O)O. The number of thiazole rings is 1. The van der Waals surface area contributed by atoms with Crippen LogP contribution in [0.4, 0.5) is 0 Å². The number of carboxylic acid groups (broad SMARTS) is 1. The summed E-state index contributed by atoms with van der Waals surface area (Å²) in [6.07, 6.45) is 2.40. The van der Waals surface area contributed by atoms with Crippen molar-refractivity contribution in [3.05, 3.63) is 82.8 Å². The van der Waals surface area contributed by atoms with E-state index in [9.17, 15) is 9.90 Å². The van der Waals surface area contributed by atoms with Crippen molar-refractivity contribution in [1.29, 1.82) is 0 Å². The van der Waals surface area contributed by atoms with Gasteiger partial charge < -0.3 is 9.84 Å². The molecule has 0 spiro atoms. The van der Waals surface area contributed by atoms with E-state index >= 15 is 0 Å². The molecule has 4 aromatic heterocycles. The predicted octanol–water partition coefficient (Wildman–Crippen LogP) is 8.19. The standard InChI is InChI=1S/C33H30ClN5O3S/c1-17-13-25-30(28(19-7-9-21(34)10-8-19)27(17)29(32(40)41)42-33(3,4)5)43-31(37-25)20-11-12-35-23(14-20)24-15-22-18(2)38-39(6)26(22)16-36-24/h7-16,29H,1-6H3,(H,40,41)/t29-/m0/s1. The maximum absolute atomic E-state index is 12.6. The van der Waals surface area contributed by atoms with Crippen LogP contribution in [0.25, 0.3) is 54.2 Å². The number of carbonyl (C=O) groups is 1. The van der Waals surface area contributed by atoms with Gasteiger partial charge in [-0.25, -0.2) is 9.78 Å². The molecule has 218 valence electrons. The summed E-state index contributed by atoms with van der Waals surface area (Å²) in [5.74, 6) is -1.05. The molecule has 10 heteroatoms. The van der Waals surface area contributed by atoms with Crippen LogP contribution in [0, 0.1) is 13.8 Å². The van der Waals surface area contributed by atoms with Gasteiger partial charge in [0.15, 0.2) is 6.10 Å². The first-order valence-corrected chi connectivity index (χ1v) is 15.0. The number of pyridine rings is 2. The second-order valence-corrected chi connectivity index (χ2v) is 13.0. The largest absolute Gasteiger partial charge is 0.479 e. The Bertz CT molecular complexity index is 2030. The molecule has 43 heavy (non-hydrogen) atoms. The minimum atomic E-state index is -1.18. The van der Waals surface area contributed by atoms with E-state index in [0.717, 1.165) is 65.5 Å². The monoisotopic (exact) mass is 611 g/mol. The molecule has 0 radical (unpaired) electrons. The van der Waals surface area contributed by atoms with Crippen molar-refractivity contribution >= 4 is 50.0 Å². The Labute approximate surface area is 258 Å². The summed E-state index contributed by atoms with van der Waals surface area (Å²) < 4.78 is 8.82. The summed E-state index contributed by atoms with van der Waals surface area (Å²) in [6, 6.07) is 15.3. The van der Waals surface area contributed by atoms with Gasteiger partial charge in [-0.05, 0) is 82.1 Å². The maximum atomic E-state index is 12.6. The number of carboxylic acids is 1. The van der Waals surface area contributed by atoms with Gasteiger partial charge in [0.2, 0.25) is 0 Å². The molecule has 8 nitrogen and oxygen atoms in total. The van der Waals surface area contributed by atoms with Gasteiger partial charge in [0.05, 0.1) is 44.6 Å². The number of hydrogen-bond acceptors (Lipinski definition) is 7. The zero-order valence-electron chi connectivity index (χ0n) is 24.6. The summed E-state index contributed by atoms with van der Waals surface area (Å²) in [6.45, 7) is 9.45. The number of hydrogen-bond donors (Lipinski definition) is 1. The lowest BCUT2D eigenvalue weighted by Gasteiger charge is -2.28. The molecule has 4 heterocycles. The third-order valence-corrected chi connectivity index (χ3v) is 8.60. The molecule has 0 unspecified atom stereocenters. The number of rotatable bonds is 6. The average molecular weight is 612 g/mol. The third-order valence-electron chi connectivity index (χ3n) is 7.21. The molecule has 6 rings (SSSR count). The lowest BCUT2D eigenvalue weighted by atomic mass is 9.91. The Balaban J connectivity index is 1.53. The van der Waals surface area contributed by atoms with Gasteiger partial charge in [0.25, 0.3) is 0 Å². The maximum Gasteiger partial charge on any atom is 0.337 e. The summed E-state index contributed by atoms with van der Waals surface area (Å²) in [4.78, 5) is 26.9. The Morgan fingerprint density at radius 1 is 1.02 bits per heavy atom. The van der Waals surface area contributed by atoms with Crippen LogP contribution in [0.2, 0.25) is 5.02 Å². The number of benzene rings is 2. The number of ether oxygens (including phenoxy) is 1. The molecular formula is C33H30ClN5O3S. The summed E-state index contributed by atoms with van der Waals surface area (Å²) in [7, 11) is 1.90. The molecule has 6 aromatic rings. The Morgan fingerprint density at radius 2 is 1.74 bits per heavy atom. The van der Waals surface area contributed by atoms with Crippen molar-refractivity contribution in [2.24, 2.45) is 7.05 Å². The predicted molar refractivity (Wildman–Crippen MR) is 171 cm³/mol. The number of aliphatic carboxylic acids is 1. The van der Waals surface area contributed by atoms with E-state index < -0.39 is 17.7 Å². The highest BCUT2D eigenvalue weighted by molar-refractivity contribution is 7.22. The van der Waals surface area contributed by atoms with Crippen LogP contribution in [0.3, 0.4) is 0 Å². The van der Waals surface area contributed by atoms with Gasteiger partial charge in [-0.3, -0.25) is 14.6 Å². The minimum absolute atomic E-state index is 0.595. The van der Waals surface area contributed by atoms with Crippen LogP contribution in [-0.4, -0.2) is 41.4 Å². The zero-order chi connectivity index (χ0) is 30.6. The molecule has 0 aliphatic rings. The molecule has 1 atom stereocenters. The molecule has 0 fully saturated rings. The molecule has 0 aliphatic carbocycles. The van der Waals surface area contributed by atoms with Gasteiger partial charge in [-0.1, -0.05) is 23.7 Å². The lowest BCUT2D eigenvalue weighted by molar-refractivity contribution is -0.160. The third kappa shape index (κ3) is 5.51. The molecule has 0 saturated heterocycles. The fraction of sp³-hybridized carbons (Fsp3) is 0.242. The van der Waals surface area contributed by atoms with Crippen LogP contribution < -0.4 is 0 Å². The number of fused-ring (bicyclic) bond motifs is 2. The van der Waals surface area contributed by atoms with E-state index in [2.05, 4.69) is 15.1 Å². The molecule has 0 amide bonds. The van der Waals surface area contributed by atoms with Crippen molar-refractivity contribution in [1.82, 2.24) is 24.7 Å². The highest BCUT2D eigenvalue weighted by Gasteiger charge is 2.32.